The van der Waals surface area contributed by atoms with Crippen LogP contribution in [0.4, 0.5) is 5.69 Å². The highest BCUT2D eigenvalue weighted by Gasteiger charge is 2.42. The molecular weight excluding hydrogens is 366 g/mol. The number of carboxylic acid groups (broad SMARTS) is 1. The Labute approximate surface area is 169 Å². The third-order valence-electron chi connectivity index (χ3n) is 5.35. The molecule has 1 heterocycles. The molecule has 1 aliphatic rings. The molecule has 2 atom stereocenters. The van der Waals surface area contributed by atoms with E-state index in [0.717, 1.165) is 11.1 Å². The summed E-state index contributed by atoms with van der Waals surface area (Å²) in [6.07, 6.45) is 0.154. The first-order valence-corrected chi connectivity index (χ1v) is 9.42. The van der Waals surface area contributed by atoms with Crippen molar-refractivity contribution in [2.24, 2.45) is 0 Å². The molecule has 1 aliphatic heterocycles. The van der Waals surface area contributed by atoms with Gasteiger partial charge in [0.05, 0.1) is 19.6 Å². The highest BCUT2D eigenvalue weighted by molar-refractivity contribution is 5.98. The minimum Gasteiger partial charge on any atom is -0.497 e. The third kappa shape index (κ3) is 3.47. The molecule has 0 radical (unpaired) electrons. The van der Waals surface area contributed by atoms with E-state index in [1.807, 2.05) is 66.7 Å². The van der Waals surface area contributed by atoms with Crippen LogP contribution in [0.1, 0.15) is 28.7 Å². The number of carbonyl (C=O) groups excluding carboxylic acids is 1. The summed E-state index contributed by atoms with van der Waals surface area (Å²) in [6.45, 7) is 0. The van der Waals surface area contributed by atoms with Crippen molar-refractivity contribution in [3.63, 3.8) is 0 Å². The Morgan fingerprint density at radius 1 is 0.966 bits per heavy atom. The van der Waals surface area contributed by atoms with Crippen molar-refractivity contribution in [1.29, 1.82) is 0 Å². The normalized spacial score (nSPS) is 18.7. The first-order valence-electron chi connectivity index (χ1n) is 9.42. The van der Waals surface area contributed by atoms with Crippen molar-refractivity contribution in [3.8, 4) is 5.75 Å². The van der Waals surface area contributed by atoms with Gasteiger partial charge in [-0.1, -0.05) is 54.6 Å². The molecule has 0 saturated heterocycles. The van der Waals surface area contributed by atoms with E-state index in [0.29, 0.717) is 17.0 Å². The molecule has 0 spiro atoms. The maximum absolute atomic E-state index is 13.4. The van der Waals surface area contributed by atoms with E-state index < -0.39 is 17.9 Å². The first-order chi connectivity index (χ1) is 14.1. The zero-order chi connectivity index (χ0) is 20.4. The predicted molar refractivity (Wildman–Crippen MR) is 110 cm³/mol. The lowest BCUT2D eigenvalue weighted by Crippen LogP contribution is -2.39. The van der Waals surface area contributed by atoms with Gasteiger partial charge in [0.25, 0.3) is 0 Å². The molecule has 3 aromatic rings. The van der Waals surface area contributed by atoms with Gasteiger partial charge in [0.2, 0.25) is 5.91 Å². The van der Waals surface area contributed by atoms with Crippen molar-refractivity contribution >= 4 is 17.6 Å². The Balaban J connectivity index is 1.95. The Kier molecular flexibility index (Phi) is 5.04. The second-order valence-corrected chi connectivity index (χ2v) is 7.01. The summed E-state index contributed by atoms with van der Waals surface area (Å²) in [5, 5.41) is 10.2. The third-order valence-corrected chi connectivity index (χ3v) is 5.35. The lowest BCUT2D eigenvalue weighted by atomic mass is 9.84. The van der Waals surface area contributed by atoms with Crippen LogP contribution in [0.5, 0.6) is 5.75 Å². The summed E-state index contributed by atoms with van der Waals surface area (Å²) in [5.41, 5.74) is 2.85. The number of carbonyl (C=O) groups is 2. The van der Waals surface area contributed by atoms with Crippen LogP contribution in [0.2, 0.25) is 0 Å². The fourth-order valence-corrected chi connectivity index (χ4v) is 4.02. The van der Waals surface area contributed by atoms with E-state index in [1.54, 1.807) is 24.1 Å². The molecule has 0 saturated carbocycles. The lowest BCUT2D eigenvalue weighted by Gasteiger charge is -2.34. The van der Waals surface area contributed by atoms with E-state index in [4.69, 9.17) is 4.74 Å². The van der Waals surface area contributed by atoms with E-state index in [2.05, 4.69) is 0 Å². The molecule has 0 fully saturated rings. The number of nitrogens with zero attached hydrogens (tertiary/aromatic N) is 1. The number of fused-ring (bicyclic) bond motifs is 1. The second kappa shape index (κ2) is 7.80. The van der Waals surface area contributed by atoms with Crippen molar-refractivity contribution in [3.05, 3.63) is 95.6 Å². The summed E-state index contributed by atoms with van der Waals surface area (Å²) >= 11 is 0. The summed E-state index contributed by atoms with van der Waals surface area (Å²) in [6, 6.07) is 23.1. The molecule has 0 aliphatic carbocycles. The summed E-state index contributed by atoms with van der Waals surface area (Å²) < 4.78 is 5.25. The van der Waals surface area contributed by atoms with E-state index in [-0.39, 0.29) is 12.3 Å². The molecule has 0 bridgehead atoms. The van der Waals surface area contributed by atoms with E-state index in [9.17, 15) is 14.7 Å². The Bertz CT molecular complexity index is 1030. The fourth-order valence-electron chi connectivity index (χ4n) is 4.02. The van der Waals surface area contributed by atoms with Gasteiger partial charge >= 0.3 is 5.97 Å². The Morgan fingerprint density at radius 3 is 2.28 bits per heavy atom. The van der Waals surface area contributed by atoms with Gasteiger partial charge in [-0.15, -0.1) is 0 Å². The zero-order valence-corrected chi connectivity index (χ0v) is 16.0. The number of anilines is 1. The van der Waals surface area contributed by atoms with Gasteiger partial charge in [-0.3, -0.25) is 9.59 Å². The van der Waals surface area contributed by atoms with Crippen LogP contribution in [-0.2, 0) is 16.0 Å². The number of hydrogen-bond donors (Lipinski definition) is 1. The number of amides is 1. The minimum absolute atomic E-state index is 0.131. The molecule has 29 heavy (non-hydrogen) atoms. The number of methoxy groups -OCH3 is 1. The van der Waals surface area contributed by atoms with Gasteiger partial charge in [-0.25, -0.2) is 0 Å². The van der Waals surface area contributed by atoms with Gasteiger partial charge in [0, 0.05) is 5.69 Å². The van der Waals surface area contributed by atoms with Crippen molar-refractivity contribution in [2.45, 2.75) is 18.4 Å². The Hall–Kier alpha value is -3.60. The standard InChI is InChI=1S/C24H21NO4/c1-29-19-13-11-16(12-14-19)23-22(24(27)28)20-10-6-5-7-17(20)15-21(26)25(23)18-8-3-2-4-9-18/h2-14,22-23H,15H2,1H3,(H,27,28)/t22-,23+/m0/s1. The van der Waals surface area contributed by atoms with Gasteiger partial charge in [-0.05, 0) is 41.0 Å². The monoisotopic (exact) mass is 387 g/mol. The van der Waals surface area contributed by atoms with Crippen molar-refractivity contribution in [1.82, 2.24) is 0 Å². The van der Waals surface area contributed by atoms with Crippen molar-refractivity contribution in [2.75, 3.05) is 12.0 Å². The summed E-state index contributed by atoms with van der Waals surface area (Å²) in [7, 11) is 1.58. The van der Waals surface area contributed by atoms with Crippen LogP contribution in [0.15, 0.2) is 78.9 Å². The molecular formula is C24H21NO4. The molecule has 4 rings (SSSR count). The highest BCUT2D eigenvalue weighted by atomic mass is 16.5. The average molecular weight is 387 g/mol. The Morgan fingerprint density at radius 2 is 1.62 bits per heavy atom. The number of rotatable bonds is 4. The van der Waals surface area contributed by atoms with Gasteiger partial charge in [0.1, 0.15) is 11.7 Å². The summed E-state index contributed by atoms with van der Waals surface area (Å²) in [5.74, 6) is -1.32. The molecule has 146 valence electrons. The topological polar surface area (TPSA) is 66.8 Å². The highest BCUT2D eigenvalue weighted by Crippen LogP contribution is 2.43. The molecule has 3 aromatic carbocycles. The van der Waals surface area contributed by atoms with Crippen LogP contribution in [0.3, 0.4) is 0 Å². The van der Waals surface area contributed by atoms with Gasteiger partial charge < -0.3 is 14.7 Å². The molecule has 5 nitrogen and oxygen atoms in total. The van der Waals surface area contributed by atoms with E-state index >= 15 is 0 Å². The van der Waals surface area contributed by atoms with Gasteiger partial charge in [0.15, 0.2) is 0 Å². The largest absolute Gasteiger partial charge is 0.497 e. The maximum Gasteiger partial charge on any atom is 0.313 e. The number of ether oxygens (including phenoxy) is 1. The number of benzene rings is 3. The SMILES string of the molecule is COc1ccc([C@@H]2[C@@H](C(=O)O)c3ccccc3CC(=O)N2c2ccccc2)cc1. The lowest BCUT2D eigenvalue weighted by molar-refractivity contribution is -0.139. The fraction of sp³-hybridized carbons (Fsp3) is 0.167. The van der Waals surface area contributed by atoms with Crippen LogP contribution in [0, 0.1) is 0 Å². The number of para-hydroxylation sites is 1. The molecule has 1 amide bonds. The zero-order valence-electron chi connectivity index (χ0n) is 16.0. The molecule has 0 unspecified atom stereocenters. The number of carboxylic acids is 1. The molecule has 5 heteroatoms. The maximum atomic E-state index is 13.4. The smallest absolute Gasteiger partial charge is 0.313 e. The van der Waals surface area contributed by atoms with Gasteiger partial charge in [-0.2, -0.15) is 0 Å². The number of aliphatic carboxylic acids is 1. The minimum atomic E-state index is -0.964. The average Bonchev–Trinajstić information content (AvgIpc) is 2.88. The molecule has 1 N–H and O–H groups in total. The number of hydrogen-bond acceptors (Lipinski definition) is 3. The predicted octanol–water partition coefficient (Wildman–Crippen LogP) is 4.19. The first kappa shape index (κ1) is 18.7. The van der Waals surface area contributed by atoms with E-state index in [1.165, 1.54) is 0 Å². The quantitative estimate of drug-likeness (QED) is 0.729. The van der Waals surface area contributed by atoms with Crippen LogP contribution < -0.4 is 9.64 Å². The molecule has 0 aromatic heterocycles. The van der Waals surface area contributed by atoms with Crippen LogP contribution >= 0.6 is 0 Å². The van der Waals surface area contributed by atoms with Crippen LogP contribution in [-0.4, -0.2) is 24.1 Å². The van der Waals surface area contributed by atoms with Crippen LogP contribution in [0.25, 0.3) is 0 Å². The summed E-state index contributed by atoms with van der Waals surface area (Å²) in [4.78, 5) is 27.5. The van der Waals surface area contributed by atoms with Crippen molar-refractivity contribution < 1.29 is 19.4 Å². The second-order valence-electron chi connectivity index (χ2n) is 7.01.